The van der Waals surface area contributed by atoms with E-state index in [0.29, 0.717) is 90.4 Å². The van der Waals surface area contributed by atoms with Crippen LogP contribution >= 0.6 is 24.0 Å². The minimum atomic E-state index is -0.844. The number of carboxylic acid groups (broad SMARTS) is 1. The minimum Gasteiger partial charge on any atom is -0.481 e. The van der Waals surface area contributed by atoms with Crippen molar-refractivity contribution in [3.8, 4) is 6.07 Å². The van der Waals surface area contributed by atoms with E-state index in [4.69, 9.17) is 17.3 Å². The standard InChI is InChI=1S/C29H32FN5O4S2/c1-3-34-26(33-15-13-32(14-16-33)23-10-7-6-9-22(23)30)20(19(2)21(18-31)27(34)38)17-24-28(39)35(29(40)41-24)12-8-4-5-11-25(36)37/h6-7,9-10,17H,3-5,8,11-16H2,1-2H3,(H,36,37). The number of nitrogens with zero attached hydrogens (tertiary/aromatic N) is 5. The van der Waals surface area contributed by atoms with E-state index in [0.717, 1.165) is 0 Å². The molecule has 1 amide bonds. The number of anilines is 2. The predicted octanol–water partition coefficient (Wildman–Crippen LogP) is 4.36. The minimum absolute atomic E-state index is 0.0285. The van der Waals surface area contributed by atoms with Crippen LogP contribution < -0.4 is 15.4 Å². The molecule has 0 bridgehead atoms. The third-order valence-electron chi connectivity index (χ3n) is 7.36. The van der Waals surface area contributed by atoms with Crippen molar-refractivity contribution in [3.05, 3.63) is 62.0 Å². The van der Waals surface area contributed by atoms with E-state index in [-0.39, 0.29) is 29.3 Å². The number of carboxylic acids is 1. The zero-order valence-corrected chi connectivity index (χ0v) is 24.7. The van der Waals surface area contributed by atoms with E-state index >= 15 is 0 Å². The van der Waals surface area contributed by atoms with Gasteiger partial charge in [-0.2, -0.15) is 5.26 Å². The maximum absolute atomic E-state index is 14.4. The van der Waals surface area contributed by atoms with Crippen LogP contribution in [0.2, 0.25) is 0 Å². The van der Waals surface area contributed by atoms with E-state index < -0.39 is 5.97 Å². The van der Waals surface area contributed by atoms with Gasteiger partial charge in [0.05, 0.1) is 10.6 Å². The Morgan fingerprint density at radius 1 is 1.15 bits per heavy atom. The zero-order valence-electron chi connectivity index (χ0n) is 23.1. The first kappa shape index (κ1) is 30.3. The van der Waals surface area contributed by atoms with Gasteiger partial charge in [-0.05, 0) is 50.5 Å². The maximum atomic E-state index is 14.4. The lowest BCUT2D eigenvalue weighted by atomic mass is 10.0. The summed E-state index contributed by atoms with van der Waals surface area (Å²) in [5.41, 5.74) is 1.28. The molecule has 0 unspecified atom stereocenters. The molecule has 0 aliphatic carbocycles. The molecule has 1 aromatic carbocycles. The van der Waals surface area contributed by atoms with Gasteiger partial charge in [0.15, 0.2) is 0 Å². The molecule has 0 radical (unpaired) electrons. The molecule has 3 heterocycles. The predicted molar refractivity (Wildman–Crippen MR) is 163 cm³/mol. The molecule has 2 saturated heterocycles. The molecule has 1 N–H and O–H groups in total. The molecule has 216 valence electrons. The Balaban J connectivity index is 1.65. The Morgan fingerprint density at radius 3 is 2.46 bits per heavy atom. The fourth-order valence-electron chi connectivity index (χ4n) is 5.19. The molecule has 0 spiro atoms. The lowest BCUT2D eigenvalue weighted by molar-refractivity contribution is -0.137. The van der Waals surface area contributed by atoms with Crippen molar-refractivity contribution in [1.82, 2.24) is 9.47 Å². The molecular formula is C29H32FN5O4S2. The largest absolute Gasteiger partial charge is 0.481 e. The highest BCUT2D eigenvalue weighted by Gasteiger charge is 2.33. The lowest BCUT2D eigenvalue weighted by Crippen LogP contribution is -2.49. The van der Waals surface area contributed by atoms with E-state index in [9.17, 15) is 24.0 Å². The van der Waals surface area contributed by atoms with Gasteiger partial charge in [-0.3, -0.25) is 23.9 Å². The normalized spacial score (nSPS) is 16.5. The number of pyridine rings is 1. The Morgan fingerprint density at radius 2 is 1.83 bits per heavy atom. The first-order valence-corrected chi connectivity index (χ1v) is 14.8. The van der Waals surface area contributed by atoms with Crippen LogP contribution in [0.3, 0.4) is 0 Å². The van der Waals surface area contributed by atoms with Gasteiger partial charge in [0, 0.05) is 51.3 Å². The average molecular weight is 598 g/mol. The van der Waals surface area contributed by atoms with E-state index in [2.05, 4.69) is 4.90 Å². The van der Waals surface area contributed by atoms with E-state index in [1.807, 2.05) is 17.9 Å². The molecule has 12 heteroatoms. The number of benzene rings is 1. The number of rotatable bonds is 10. The molecule has 9 nitrogen and oxygen atoms in total. The molecule has 2 fully saturated rings. The van der Waals surface area contributed by atoms with Crippen molar-refractivity contribution in [1.29, 1.82) is 5.26 Å². The summed E-state index contributed by atoms with van der Waals surface area (Å²) in [5.74, 6) is -0.754. The summed E-state index contributed by atoms with van der Waals surface area (Å²) >= 11 is 6.66. The number of amides is 1. The fourth-order valence-corrected chi connectivity index (χ4v) is 6.48. The van der Waals surface area contributed by atoms with Gasteiger partial charge in [0.2, 0.25) is 0 Å². The van der Waals surface area contributed by atoms with Crippen molar-refractivity contribution in [2.24, 2.45) is 0 Å². The number of para-hydroxylation sites is 1. The highest BCUT2D eigenvalue weighted by atomic mass is 32.2. The monoisotopic (exact) mass is 597 g/mol. The molecule has 41 heavy (non-hydrogen) atoms. The average Bonchev–Trinajstić information content (AvgIpc) is 3.22. The van der Waals surface area contributed by atoms with Gasteiger partial charge in [0.25, 0.3) is 11.5 Å². The van der Waals surface area contributed by atoms with Gasteiger partial charge in [-0.1, -0.05) is 42.5 Å². The summed E-state index contributed by atoms with van der Waals surface area (Å²) in [6, 6.07) is 8.68. The van der Waals surface area contributed by atoms with Crippen LogP contribution in [0.5, 0.6) is 0 Å². The number of nitriles is 1. The number of piperazine rings is 1. The van der Waals surface area contributed by atoms with E-state index in [1.165, 1.54) is 22.7 Å². The second-order valence-electron chi connectivity index (χ2n) is 9.86. The zero-order chi connectivity index (χ0) is 29.7. The third-order valence-corrected chi connectivity index (χ3v) is 8.73. The Hall–Kier alpha value is -3.69. The summed E-state index contributed by atoms with van der Waals surface area (Å²) in [7, 11) is 0. The number of thiocarbonyl (C=S) groups is 1. The smallest absolute Gasteiger partial charge is 0.303 e. The van der Waals surface area contributed by atoms with Gasteiger partial charge in [0.1, 0.15) is 27.6 Å². The van der Waals surface area contributed by atoms with Crippen molar-refractivity contribution in [2.45, 2.75) is 46.1 Å². The van der Waals surface area contributed by atoms with Crippen LogP contribution in [0.1, 0.15) is 49.3 Å². The number of thioether (sulfide) groups is 1. The quantitative estimate of drug-likeness (QED) is 0.243. The lowest BCUT2D eigenvalue weighted by Gasteiger charge is -2.39. The van der Waals surface area contributed by atoms with Crippen LogP contribution in [0.25, 0.3) is 6.08 Å². The number of carbonyl (C=O) groups is 2. The molecule has 2 aromatic rings. The van der Waals surface area contributed by atoms with Gasteiger partial charge < -0.3 is 14.9 Å². The second kappa shape index (κ2) is 13.3. The topological polar surface area (TPSA) is 110 Å². The number of hydrogen-bond acceptors (Lipinski definition) is 8. The first-order valence-electron chi connectivity index (χ1n) is 13.6. The molecule has 2 aliphatic rings. The van der Waals surface area contributed by atoms with Crippen molar-refractivity contribution < 1.29 is 19.1 Å². The highest BCUT2D eigenvalue weighted by Crippen LogP contribution is 2.36. The number of halogens is 1. The fraction of sp³-hybridized carbons (Fsp3) is 0.414. The van der Waals surface area contributed by atoms with Crippen LogP contribution in [-0.2, 0) is 16.1 Å². The Bertz CT molecular complexity index is 1490. The number of unbranched alkanes of at least 4 members (excludes halogenated alkanes) is 2. The summed E-state index contributed by atoms with van der Waals surface area (Å²) in [5, 5.41) is 18.7. The molecule has 1 aromatic heterocycles. The Kier molecular flexibility index (Phi) is 9.83. The van der Waals surface area contributed by atoms with Crippen molar-refractivity contribution in [2.75, 3.05) is 42.5 Å². The summed E-state index contributed by atoms with van der Waals surface area (Å²) in [6.45, 7) is 6.36. The number of hydrogen-bond donors (Lipinski definition) is 1. The molecular weight excluding hydrogens is 565 g/mol. The highest BCUT2D eigenvalue weighted by molar-refractivity contribution is 8.26. The number of carbonyl (C=O) groups excluding carboxylic acids is 1. The van der Waals surface area contributed by atoms with Crippen LogP contribution in [0.15, 0.2) is 34.0 Å². The number of aliphatic carboxylic acids is 1. The first-order chi connectivity index (χ1) is 19.7. The summed E-state index contributed by atoms with van der Waals surface area (Å²) in [6.07, 6.45) is 3.63. The maximum Gasteiger partial charge on any atom is 0.303 e. The van der Waals surface area contributed by atoms with Crippen LogP contribution in [-0.4, -0.2) is 63.5 Å². The van der Waals surface area contributed by atoms with Crippen LogP contribution in [0, 0.1) is 24.1 Å². The van der Waals surface area contributed by atoms with Crippen LogP contribution in [0.4, 0.5) is 15.9 Å². The van der Waals surface area contributed by atoms with Gasteiger partial charge >= 0.3 is 5.97 Å². The van der Waals surface area contributed by atoms with Crippen molar-refractivity contribution >= 4 is 57.8 Å². The Labute approximate surface area is 247 Å². The van der Waals surface area contributed by atoms with Gasteiger partial charge in [-0.25, -0.2) is 4.39 Å². The van der Waals surface area contributed by atoms with Gasteiger partial charge in [-0.15, -0.1) is 0 Å². The molecule has 0 atom stereocenters. The third kappa shape index (κ3) is 6.47. The number of aromatic nitrogens is 1. The van der Waals surface area contributed by atoms with E-state index in [1.54, 1.807) is 35.8 Å². The molecule has 2 aliphatic heterocycles. The molecule has 4 rings (SSSR count). The second-order valence-corrected chi connectivity index (χ2v) is 11.5. The summed E-state index contributed by atoms with van der Waals surface area (Å²) in [4.78, 5) is 43.4. The SMILES string of the molecule is CCn1c(N2CCN(c3ccccc3F)CC2)c(C=C2SC(=S)N(CCCCCC(=O)O)C2=O)c(C)c(C#N)c1=O. The molecule has 0 saturated carbocycles. The summed E-state index contributed by atoms with van der Waals surface area (Å²) < 4.78 is 16.4. The van der Waals surface area contributed by atoms with Crippen molar-refractivity contribution in [3.63, 3.8) is 0 Å².